The molecule has 6 nitrogen and oxygen atoms in total. The molecule has 12 aromatic carbocycles. The normalized spacial score (nSPS) is 16.3. The van der Waals surface area contributed by atoms with Gasteiger partial charge in [0.05, 0.1) is 22.7 Å². The number of aryl methyl sites for hydroxylation is 6. The lowest BCUT2D eigenvalue weighted by atomic mass is 9.30. The number of hydrogen-bond acceptors (Lipinski definition) is 6. The molecule has 0 unspecified atom stereocenters. The standard InChI is InChI=1S/C94H89B2N5O/c1-58-28-18-22-38-77(58)100(89-60(3)30-26-31-61(89)4)67-52-82-87-83(53-67)98(65-42-44-69-71(50-65)93(11,12)48-46-91(69,7)8)79-40-24-20-36-73(79)95(87)75-56-76-85(57-81(75)97(82)64-34-16-15-17-35-64)102-86-55-68(101(78-39-23-19-29-59(78)2)90-62(5)32-27-33-63(90)6)54-84-88(86)96(76)74-37-21-25-41-80(74)99(84)66-43-45-70-72(51-66)94(13,14)49-47-92(70,9)10/h15-45,50-57H,46-49H2,1-14H3. The van der Waals surface area contributed by atoms with Gasteiger partial charge >= 0.3 is 0 Å². The van der Waals surface area contributed by atoms with Crippen molar-refractivity contribution in [1.82, 2.24) is 0 Å². The van der Waals surface area contributed by atoms with E-state index in [4.69, 9.17) is 4.74 Å². The van der Waals surface area contributed by atoms with E-state index in [1.807, 2.05) is 0 Å². The van der Waals surface area contributed by atoms with Gasteiger partial charge in [-0.15, -0.1) is 0 Å². The second-order valence-corrected chi connectivity index (χ2v) is 32.9. The highest BCUT2D eigenvalue weighted by Crippen LogP contribution is 2.56. The Kier molecular flexibility index (Phi) is 14.4. The molecule has 0 amide bonds. The third-order valence-corrected chi connectivity index (χ3v) is 24.5. The predicted octanol–water partition coefficient (Wildman–Crippen LogP) is 21.7. The highest BCUT2D eigenvalue weighted by Gasteiger charge is 2.50. The number of benzene rings is 12. The summed E-state index contributed by atoms with van der Waals surface area (Å²) >= 11 is 0. The average Bonchev–Trinajstić information content (AvgIpc) is 0.687. The van der Waals surface area contributed by atoms with E-state index < -0.39 is 0 Å². The van der Waals surface area contributed by atoms with Gasteiger partial charge in [-0.3, -0.25) is 0 Å². The Morgan fingerprint density at radius 2 is 0.686 bits per heavy atom. The van der Waals surface area contributed by atoms with Crippen LogP contribution in [0.1, 0.15) is 137 Å². The smallest absolute Gasteiger partial charge is 0.256 e. The number of nitrogens with zero attached hydrogens (tertiary/aromatic N) is 5. The molecule has 102 heavy (non-hydrogen) atoms. The monoisotopic (exact) mass is 1330 g/mol. The van der Waals surface area contributed by atoms with Crippen molar-refractivity contribution in [2.24, 2.45) is 0 Å². The van der Waals surface area contributed by atoms with Gasteiger partial charge in [0.1, 0.15) is 11.5 Å². The van der Waals surface area contributed by atoms with Crippen molar-refractivity contribution in [3.63, 3.8) is 0 Å². The van der Waals surface area contributed by atoms with E-state index in [2.05, 4.69) is 358 Å². The molecule has 0 saturated heterocycles. The first-order valence-electron chi connectivity index (χ1n) is 37.1. The van der Waals surface area contributed by atoms with Gasteiger partial charge in [-0.25, -0.2) is 0 Å². The molecular weight excluding hydrogens is 1240 g/mol. The van der Waals surface area contributed by atoms with Crippen LogP contribution >= 0.6 is 0 Å². The molecule has 4 aliphatic heterocycles. The van der Waals surface area contributed by atoms with Crippen LogP contribution in [0.25, 0.3) is 0 Å². The van der Waals surface area contributed by atoms with Crippen LogP contribution in [-0.4, -0.2) is 13.4 Å². The number of fused-ring (bicyclic) bond motifs is 10. The van der Waals surface area contributed by atoms with Crippen LogP contribution in [0.2, 0.25) is 0 Å². The molecule has 0 fully saturated rings. The maximum atomic E-state index is 8.01. The van der Waals surface area contributed by atoms with Crippen molar-refractivity contribution in [3.8, 4) is 11.5 Å². The maximum absolute atomic E-state index is 8.01. The molecule has 0 N–H and O–H groups in total. The third-order valence-electron chi connectivity index (χ3n) is 24.5. The molecule has 12 aromatic rings. The van der Waals surface area contributed by atoms with E-state index in [1.165, 1.54) is 117 Å². The van der Waals surface area contributed by atoms with Crippen LogP contribution in [0, 0.1) is 41.5 Å². The van der Waals surface area contributed by atoms with Crippen molar-refractivity contribution < 1.29 is 4.74 Å². The number of anilines is 15. The summed E-state index contributed by atoms with van der Waals surface area (Å²) in [7, 11) is 0. The van der Waals surface area contributed by atoms with Gasteiger partial charge in [0.25, 0.3) is 13.4 Å². The van der Waals surface area contributed by atoms with Crippen molar-refractivity contribution in [2.45, 2.75) is 144 Å². The van der Waals surface area contributed by atoms with Crippen molar-refractivity contribution >= 4 is 132 Å². The quantitative estimate of drug-likeness (QED) is 0.134. The predicted molar refractivity (Wildman–Crippen MR) is 435 cm³/mol. The number of rotatable bonds is 9. The van der Waals surface area contributed by atoms with Gasteiger partial charge in [-0.1, -0.05) is 201 Å². The van der Waals surface area contributed by atoms with Gasteiger partial charge in [0.2, 0.25) is 0 Å². The summed E-state index contributed by atoms with van der Waals surface area (Å²) in [5, 5.41) is 0. The fourth-order valence-electron chi connectivity index (χ4n) is 18.9. The van der Waals surface area contributed by atoms with Crippen molar-refractivity contribution in [1.29, 1.82) is 0 Å². The van der Waals surface area contributed by atoms with Gasteiger partial charge in [0.15, 0.2) is 0 Å². The summed E-state index contributed by atoms with van der Waals surface area (Å²) < 4.78 is 8.01. The lowest BCUT2D eigenvalue weighted by molar-refractivity contribution is 0.332. The number of para-hydroxylation sites is 7. The highest BCUT2D eigenvalue weighted by atomic mass is 16.5. The molecule has 8 heteroatoms. The minimum Gasteiger partial charge on any atom is -0.458 e. The Labute approximate surface area is 605 Å². The number of hydrogen-bond donors (Lipinski definition) is 0. The Bertz CT molecular complexity index is 5450. The molecular formula is C94H89B2N5O. The van der Waals surface area contributed by atoms with Crippen molar-refractivity contribution in [2.75, 3.05) is 24.5 Å². The largest absolute Gasteiger partial charge is 0.458 e. The lowest BCUT2D eigenvalue weighted by Crippen LogP contribution is -2.64. The topological polar surface area (TPSA) is 25.4 Å². The molecule has 0 radical (unpaired) electrons. The van der Waals surface area contributed by atoms with Crippen molar-refractivity contribution in [3.05, 3.63) is 292 Å². The summed E-state index contributed by atoms with van der Waals surface area (Å²) in [5.74, 6) is 1.71. The van der Waals surface area contributed by atoms with Crippen LogP contribution in [0.3, 0.4) is 0 Å². The third kappa shape index (κ3) is 9.67. The molecule has 0 spiro atoms. The van der Waals surface area contributed by atoms with Crippen LogP contribution in [0.5, 0.6) is 11.5 Å². The number of ether oxygens (including phenoxy) is 1. The molecule has 0 bridgehead atoms. The Morgan fingerprint density at radius 3 is 1.17 bits per heavy atom. The van der Waals surface area contributed by atoms with E-state index in [0.717, 1.165) is 93.8 Å². The summed E-state index contributed by atoms with van der Waals surface area (Å²) in [5.41, 5.74) is 37.5. The zero-order valence-corrected chi connectivity index (χ0v) is 61.6. The molecule has 0 saturated carbocycles. The molecule has 18 rings (SSSR count). The van der Waals surface area contributed by atoms with Gasteiger partial charge in [-0.2, -0.15) is 0 Å². The van der Waals surface area contributed by atoms with Gasteiger partial charge in [-0.05, 0) is 256 Å². The van der Waals surface area contributed by atoms with Gasteiger partial charge in [0, 0.05) is 74.7 Å². The summed E-state index contributed by atoms with van der Waals surface area (Å²) in [4.78, 5) is 12.9. The minimum atomic E-state index is -0.197. The summed E-state index contributed by atoms with van der Waals surface area (Å²) in [6, 6.07) is 90.8. The second-order valence-electron chi connectivity index (χ2n) is 32.9. The molecule has 502 valence electrons. The molecule has 6 aliphatic rings. The maximum Gasteiger partial charge on any atom is 0.256 e. The first-order chi connectivity index (χ1) is 49.1. The average molecular weight is 1330 g/mol. The Morgan fingerprint density at radius 1 is 0.294 bits per heavy atom. The molecule has 0 aromatic heterocycles. The highest BCUT2D eigenvalue weighted by molar-refractivity contribution is 7.02. The van der Waals surface area contributed by atoms with Gasteiger partial charge < -0.3 is 29.2 Å². The van der Waals surface area contributed by atoms with E-state index in [9.17, 15) is 0 Å². The van der Waals surface area contributed by atoms with Crippen LogP contribution in [-0.2, 0) is 21.7 Å². The summed E-state index contributed by atoms with van der Waals surface area (Å²) in [6.07, 6.45) is 4.55. The minimum absolute atomic E-state index is 0.0114. The second kappa shape index (κ2) is 23.0. The van der Waals surface area contributed by atoms with Crippen LogP contribution < -0.4 is 62.0 Å². The SMILES string of the molecule is Cc1ccccc1N(c1cc2c3c(c1)N(c1ccc4c(c1)C(C)(C)CCC4(C)C)c1ccccc1B3c1cc3c(cc1O2)N(c1ccccc1)c1cc(N(c2ccccc2C)c2c(C)cccc2C)cc2c1B3c1ccccc1N2c1ccc2c(c1)C(C)(C)CCC2(C)C)c1c(C)cccc1C. The first kappa shape index (κ1) is 63.7. The fraction of sp³-hybridized carbons (Fsp3) is 0.234. The van der Waals surface area contributed by atoms with E-state index in [0.29, 0.717) is 0 Å². The Hall–Kier alpha value is -10.4. The molecule has 2 aliphatic carbocycles. The van der Waals surface area contributed by atoms with Crippen LogP contribution in [0.4, 0.5) is 85.3 Å². The zero-order valence-electron chi connectivity index (χ0n) is 61.6. The molecule has 4 heterocycles. The molecule has 0 atom stereocenters. The zero-order chi connectivity index (χ0) is 70.2. The Balaban J connectivity index is 0.930. The lowest BCUT2D eigenvalue weighted by Gasteiger charge is -2.47. The summed E-state index contributed by atoms with van der Waals surface area (Å²) in [6.45, 7) is 32.7. The first-order valence-corrected chi connectivity index (χ1v) is 37.1. The van der Waals surface area contributed by atoms with E-state index >= 15 is 0 Å². The van der Waals surface area contributed by atoms with Crippen LogP contribution in [0.15, 0.2) is 237 Å². The van der Waals surface area contributed by atoms with E-state index in [-0.39, 0.29) is 35.1 Å². The van der Waals surface area contributed by atoms with E-state index in [1.54, 1.807) is 0 Å². The fourth-order valence-corrected chi connectivity index (χ4v) is 18.9.